The van der Waals surface area contributed by atoms with Crippen molar-refractivity contribution in [1.82, 2.24) is 10.3 Å². The molecule has 0 radical (unpaired) electrons. The Morgan fingerprint density at radius 3 is 2.67 bits per heavy atom. The van der Waals surface area contributed by atoms with E-state index in [1.165, 1.54) is 0 Å². The first-order valence-corrected chi connectivity index (χ1v) is 6.08. The molecule has 0 atom stereocenters. The summed E-state index contributed by atoms with van der Waals surface area (Å²) in [6.07, 6.45) is 2.45. The molecule has 1 aromatic heterocycles. The molecule has 1 amide bonds. The van der Waals surface area contributed by atoms with E-state index in [4.69, 9.17) is 11.6 Å². The summed E-state index contributed by atoms with van der Waals surface area (Å²) >= 11 is 5.94. The summed E-state index contributed by atoms with van der Waals surface area (Å²) in [7, 11) is 0. The SMILES string of the molecule is O=C(NCCc1ccccn1)c1ccccc1Cl. The number of carbonyl (C=O) groups excluding carboxylic acids is 1. The summed E-state index contributed by atoms with van der Waals surface area (Å²) in [5, 5.41) is 3.29. The highest BCUT2D eigenvalue weighted by Gasteiger charge is 2.08. The number of amides is 1. The van der Waals surface area contributed by atoms with Crippen molar-refractivity contribution in [2.75, 3.05) is 6.54 Å². The zero-order chi connectivity index (χ0) is 12.8. The highest BCUT2D eigenvalue weighted by atomic mass is 35.5. The molecule has 0 bridgehead atoms. The number of pyridine rings is 1. The van der Waals surface area contributed by atoms with Crippen LogP contribution in [0.15, 0.2) is 48.7 Å². The van der Waals surface area contributed by atoms with Crippen LogP contribution >= 0.6 is 11.6 Å². The average Bonchev–Trinajstić information content (AvgIpc) is 2.40. The van der Waals surface area contributed by atoms with Crippen LogP contribution in [0.5, 0.6) is 0 Å². The number of hydrogen-bond donors (Lipinski definition) is 1. The summed E-state index contributed by atoms with van der Waals surface area (Å²) in [5.41, 5.74) is 1.46. The predicted molar refractivity (Wildman–Crippen MR) is 71.7 cm³/mol. The van der Waals surface area contributed by atoms with E-state index in [-0.39, 0.29) is 5.91 Å². The van der Waals surface area contributed by atoms with Gasteiger partial charge in [-0.15, -0.1) is 0 Å². The molecule has 1 aromatic carbocycles. The van der Waals surface area contributed by atoms with Gasteiger partial charge >= 0.3 is 0 Å². The third kappa shape index (κ3) is 3.31. The lowest BCUT2D eigenvalue weighted by molar-refractivity contribution is 0.0954. The smallest absolute Gasteiger partial charge is 0.252 e. The van der Waals surface area contributed by atoms with Crippen LogP contribution in [0.3, 0.4) is 0 Å². The molecule has 0 saturated carbocycles. The second kappa shape index (κ2) is 6.17. The van der Waals surface area contributed by atoms with Crippen LogP contribution < -0.4 is 5.32 Å². The highest BCUT2D eigenvalue weighted by Crippen LogP contribution is 2.14. The van der Waals surface area contributed by atoms with Crippen molar-refractivity contribution < 1.29 is 4.79 Å². The largest absolute Gasteiger partial charge is 0.352 e. The van der Waals surface area contributed by atoms with Crippen molar-refractivity contribution in [1.29, 1.82) is 0 Å². The third-order valence-electron chi connectivity index (χ3n) is 2.51. The summed E-state index contributed by atoms with van der Waals surface area (Å²) in [5.74, 6) is -0.156. The zero-order valence-corrected chi connectivity index (χ0v) is 10.5. The Balaban J connectivity index is 1.88. The minimum absolute atomic E-state index is 0.156. The molecule has 0 spiro atoms. The second-order valence-corrected chi connectivity index (χ2v) is 4.21. The molecule has 1 N–H and O–H groups in total. The number of hydrogen-bond acceptors (Lipinski definition) is 2. The molecule has 2 rings (SSSR count). The fraction of sp³-hybridized carbons (Fsp3) is 0.143. The van der Waals surface area contributed by atoms with E-state index >= 15 is 0 Å². The Hall–Kier alpha value is -1.87. The molecule has 92 valence electrons. The number of halogens is 1. The Kier molecular flexibility index (Phi) is 4.31. The number of nitrogens with one attached hydrogen (secondary N) is 1. The Labute approximate surface area is 111 Å². The molecule has 0 aliphatic carbocycles. The van der Waals surface area contributed by atoms with Crippen LogP contribution in [-0.2, 0) is 6.42 Å². The van der Waals surface area contributed by atoms with Crippen molar-refractivity contribution in [3.05, 3.63) is 64.9 Å². The lowest BCUT2D eigenvalue weighted by Gasteiger charge is -2.06. The van der Waals surface area contributed by atoms with Gasteiger partial charge in [0.05, 0.1) is 10.6 Å². The molecule has 4 heteroatoms. The van der Waals surface area contributed by atoms with Gasteiger partial charge in [0.15, 0.2) is 0 Å². The molecule has 2 aromatic rings. The number of benzene rings is 1. The minimum Gasteiger partial charge on any atom is -0.352 e. The first kappa shape index (κ1) is 12.6. The van der Waals surface area contributed by atoms with Crippen molar-refractivity contribution in [2.45, 2.75) is 6.42 Å². The van der Waals surface area contributed by atoms with Gasteiger partial charge in [-0.05, 0) is 24.3 Å². The van der Waals surface area contributed by atoms with Crippen LogP contribution in [-0.4, -0.2) is 17.4 Å². The topological polar surface area (TPSA) is 42.0 Å². The lowest BCUT2D eigenvalue weighted by Crippen LogP contribution is -2.26. The number of aromatic nitrogens is 1. The quantitative estimate of drug-likeness (QED) is 0.918. The van der Waals surface area contributed by atoms with Gasteiger partial charge in [-0.2, -0.15) is 0 Å². The fourth-order valence-electron chi connectivity index (χ4n) is 1.59. The van der Waals surface area contributed by atoms with E-state index in [1.54, 1.807) is 30.5 Å². The van der Waals surface area contributed by atoms with Crippen molar-refractivity contribution in [2.24, 2.45) is 0 Å². The molecule has 0 saturated heterocycles. The van der Waals surface area contributed by atoms with E-state index in [0.717, 1.165) is 5.69 Å². The van der Waals surface area contributed by atoms with Gasteiger partial charge in [0, 0.05) is 24.9 Å². The normalized spacial score (nSPS) is 10.1. The standard InChI is InChI=1S/C14H13ClN2O/c15-13-7-2-1-6-12(13)14(18)17-10-8-11-5-3-4-9-16-11/h1-7,9H,8,10H2,(H,17,18). The summed E-state index contributed by atoms with van der Waals surface area (Å²) in [6.45, 7) is 0.543. The van der Waals surface area contributed by atoms with Gasteiger partial charge < -0.3 is 5.32 Å². The van der Waals surface area contributed by atoms with Crippen molar-refractivity contribution in [3.63, 3.8) is 0 Å². The summed E-state index contributed by atoms with van der Waals surface area (Å²) in [4.78, 5) is 16.0. The van der Waals surface area contributed by atoms with Crippen LogP contribution in [0.25, 0.3) is 0 Å². The summed E-state index contributed by atoms with van der Waals surface area (Å²) in [6, 6.07) is 12.7. The molecule has 3 nitrogen and oxygen atoms in total. The third-order valence-corrected chi connectivity index (χ3v) is 2.84. The first-order valence-electron chi connectivity index (χ1n) is 5.70. The maximum atomic E-state index is 11.8. The molecule has 0 aliphatic rings. The average molecular weight is 261 g/mol. The summed E-state index contributed by atoms with van der Waals surface area (Å²) < 4.78 is 0. The number of carbonyl (C=O) groups is 1. The lowest BCUT2D eigenvalue weighted by atomic mass is 10.2. The molecular formula is C14H13ClN2O. The van der Waals surface area contributed by atoms with Crippen molar-refractivity contribution >= 4 is 17.5 Å². The minimum atomic E-state index is -0.156. The van der Waals surface area contributed by atoms with Crippen LogP contribution in [0, 0.1) is 0 Å². The van der Waals surface area contributed by atoms with Gasteiger partial charge in [-0.3, -0.25) is 9.78 Å². The van der Waals surface area contributed by atoms with E-state index in [0.29, 0.717) is 23.6 Å². The Bertz CT molecular complexity index is 528. The van der Waals surface area contributed by atoms with E-state index in [1.807, 2.05) is 18.2 Å². The van der Waals surface area contributed by atoms with Crippen molar-refractivity contribution in [3.8, 4) is 0 Å². The number of nitrogens with zero attached hydrogens (tertiary/aromatic N) is 1. The molecular weight excluding hydrogens is 248 g/mol. The highest BCUT2D eigenvalue weighted by molar-refractivity contribution is 6.33. The Morgan fingerprint density at radius 1 is 1.17 bits per heavy atom. The maximum absolute atomic E-state index is 11.8. The molecule has 0 fully saturated rings. The van der Waals surface area contributed by atoms with E-state index in [2.05, 4.69) is 10.3 Å². The second-order valence-electron chi connectivity index (χ2n) is 3.81. The van der Waals surface area contributed by atoms with Gasteiger partial charge in [0.1, 0.15) is 0 Å². The molecule has 1 heterocycles. The zero-order valence-electron chi connectivity index (χ0n) is 9.77. The number of rotatable bonds is 4. The molecule has 18 heavy (non-hydrogen) atoms. The fourth-order valence-corrected chi connectivity index (χ4v) is 1.81. The van der Waals surface area contributed by atoms with Crippen LogP contribution in [0.1, 0.15) is 16.1 Å². The predicted octanol–water partition coefficient (Wildman–Crippen LogP) is 2.71. The maximum Gasteiger partial charge on any atom is 0.252 e. The van der Waals surface area contributed by atoms with E-state index < -0.39 is 0 Å². The van der Waals surface area contributed by atoms with Gasteiger partial charge in [-0.25, -0.2) is 0 Å². The van der Waals surface area contributed by atoms with Crippen LogP contribution in [0.2, 0.25) is 5.02 Å². The van der Waals surface area contributed by atoms with Gasteiger partial charge in [-0.1, -0.05) is 29.8 Å². The Morgan fingerprint density at radius 2 is 1.94 bits per heavy atom. The van der Waals surface area contributed by atoms with Gasteiger partial charge in [0.2, 0.25) is 0 Å². The molecule has 0 unspecified atom stereocenters. The van der Waals surface area contributed by atoms with E-state index in [9.17, 15) is 4.79 Å². The first-order chi connectivity index (χ1) is 8.77. The van der Waals surface area contributed by atoms with Crippen LogP contribution in [0.4, 0.5) is 0 Å². The molecule has 0 aliphatic heterocycles. The van der Waals surface area contributed by atoms with Gasteiger partial charge in [0.25, 0.3) is 5.91 Å². The monoisotopic (exact) mass is 260 g/mol.